The zero-order valence-electron chi connectivity index (χ0n) is 12.1. The van der Waals surface area contributed by atoms with Crippen molar-refractivity contribution in [1.82, 2.24) is 10.2 Å². The summed E-state index contributed by atoms with van der Waals surface area (Å²) in [7, 11) is 3.83. The van der Waals surface area contributed by atoms with E-state index in [1.54, 1.807) is 7.11 Å². The minimum atomic E-state index is -0.161. The van der Waals surface area contributed by atoms with Gasteiger partial charge in [-0.15, -0.1) is 0 Å². The van der Waals surface area contributed by atoms with Gasteiger partial charge >= 0.3 is 0 Å². The van der Waals surface area contributed by atoms with E-state index in [0.717, 1.165) is 12.8 Å². The second-order valence-corrected chi connectivity index (χ2v) is 5.94. The van der Waals surface area contributed by atoms with Crippen molar-refractivity contribution in [2.75, 3.05) is 20.7 Å². The highest BCUT2D eigenvalue weighted by Crippen LogP contribution is 2.32. The normalized spacial score (nSPS) is 32.9. The van der Waals surface area contributed by atoms with Gasteiger partial charge in [0.1, 0.15) is 0 Å². The van der Waals surface area contributed by atoms with Gasteiger partial charge in [-0.3, -0.25) is 4.79 Å². The van der Waals surface area contributed by atoms with Crippen molar-refractivity contribution < 1.29 is 9.53 Å². The molecule has 5 heteroatoms. The predicted octanol–water partition coefficient (Wildman–Crippen LogP) is 0.482. The van der Waals surface area contributed by atoms with E-state index in [9.17, 15) is 4.79 Å². The van der Waals surface area contributed by atoms with Gasteiger partial charge in [0.15, 0.2) is 0 Å². The fourth-order valence-corrected chi connectivity index (χ4v) is 3.49. The molecule has 19 heavy (non-hydrogen) atoms. The number of nitrogens with one attached hydrogen (secondary N) is 1. The number of nitrogens with two attached hydrogens (primary N) is 1. The fraction of sp³-hybridized carbons (Fsp3) is 0.929. The summed E-state index contributed by atoms with van der Waals surface area (Å²) in [5.41, 5.74) is 5.55. The number of methoxy groups -OCH3 is 1. The van der Waals surface area contributed by atoms with Gasteiger partial charge in [-0.05, 0) is 32.7 Å². The molecule has 3 N–H and O–H groups in total. The number of rotatable bonds is 5. The lowest BCUT2D eigenvalue weighted by atomic mass is 9.82. The smallest absolute Gasteiger partial charge is 0.222 e. The van der Waals surface area contributed by atoms with E-state index in [1.807, 2.05) is 0 Å². The van der Waals surface area contributed by atoms with Gasteiger partial charge in [0.2, 0.25) is 5.91 Å². The molecule has 110 valence electrons. The summed E-state index contributed by atoms with van der Waals surface area (Å²) in [6.45, 7) is 0.391. The highest BCUT2D eigenvalue weighted by Gasteiger charge is 2.36. The number of ether oxygens (including phenoxy) is 1. The molecular weight excluding hydrogens is 242 g/mol. The number of nitrogens with zero attached hydrogens (tertiary/aromatic N) is 1. The van der Waals surface area contributed by atoms with Crippen LogP contribution >= 0.6 is 0 Å². The Kier molecular flexibility index (Phi) is 5.19. The van der Waals surface area contributed by atoms with Crippen LogP contribution in [0.25, 0.3) is 0 Å². The Morgan fingerprint density at radius 2 is 2.05 bits per heavy atom. The Bertz CT molecular complexity index is 293. The van der Waals surface area contributed by atoms with Crippen LogP contribution in [0.15, 0.2) is 0 Å². The van der Waals surface area contributed by atoms with Crippen molar-refractivity contribution in [3.8, 4) is 0 Å². The number of fused-ring (bicyclic) bond motifs is 2. The molecule has 2 rings (SSSR count). The van der Waals surface area contributed by atoms with Gasteiger partial charge < -0.3 is 20.7 Å². The number of amides is 1. The number of carbonyl (C=O) groups is 1. The molecule has 0 aromatic rings. The first-order valence-electron chi connectivity index (χ1n) is 7.38. The summed E-state index contributed by atoms with van der Waals surface area (Å²) in [6.07, 6.45) is 6.24. The quantitative estimate of drug-likeness (QED) is 0.762. The highest BCUT2D eigenvalue weighted by molar-refractivity contribution is 5.76. The third-order valence-electron chi connectivity index (χ3n) is 4.71. The number of piperidine rings is 2. The molecule has 3 atom stereocenters. The van der Waals surface area contributed by atoms with Gasteiger partial charge in [-0.2, -0.15) is 0 Å². The highest BCUT2D eigenvalue weighted by atomic mass is 16.5. The van der Waals surface area contributed by atoms with E-state index in [-0.39, 0.29) is 12.0 Å². The summed E-state index contributed by atoms with van der Waals surface area (Å²) < 4.78 is 5.16. The number of hydrogen-bond acceptors (Lipinski definition) is 4. The minimum absolute atomic E-state index is 0.0740. The third-order valence-corrected chi connectivity index (χ3v) is 4.71. The van der Waals surface area contributed by atoms with Crippen LogP contribution in [0, 0.1) is 0 Å². The molecule has 2 heterocycles. The summed E-state index contributed by atoms with van der Waals surface area (Å²) in [5.74, 6) is 0.0740. The van der Waals surface area contributed by atoms with E-state index in [2.05, 4.69) is 17.3 Å². The van der Waals surface area contributed by atoms with Crippen molar-refractivity contribution in [3.05, 3.63) is 0 Å². The Morgan fingerprint density at radius 3 is 2.58 bits per heavy atom. The van der Waals surface area contributed by atoms with Crippen molar-refractivity contribution in [1.29, 1.82) is 0 Å². The van der Waals surface area contributed by atoms with E-state index < -0.39 is 0 Å². The molecule has 2 aliphatic rings. The minimum Gasteiger partial charge on any atom is -0.380 e. The maximum Gasteiger partial charge on any atom is 0.222 e. The van der Waals surface area contributed by atoms with Crippen LogP contribution in [0.3, 0.4) is 0 Å². The molecule has 2 aliphatic heterocycles. The Balaban J connectivity index is 1.82. The zero-order valence-corrected chi connectivity index (χ0v) is 12.1. The molecule has 3 unspecified atom stereocenters. The Morgan fingerprint density at radius 1 is 1.42 bits per heavy atom. The van der Waals surface area contributed by atoms with Crippen molar-refractivity contribution >= 4 is 5.91 Å². The standard InChI is InChI=1S/C14H27N3O2/c1-17-11-4-3-5-12(17)7-10(6-11)16-14(18)8-13(9-15)19-2/h10-13H,3-9,15H2,1-2H3,(H,16,18). The van der Waals surface area contributed by atoms with E-state index in [1.165, 1.54) is 19.3 Å². The molecule has 2 bridgehead atoms. The lowest BCUT2D eigenvalue weighted by molar-refractivity contribution is -0.124. The first kappa shape index (κ1) is 14.8. The van der Waals surface area contributed by atoms with Gasteiger partial charge in [-0.1, -0.05) is 6.42 Å². The Hall–Kier alpha value is -0.650. The lowest BCUT2D eigenvalue weighted by Crippen LogP contribution is -2.55. The predicted molar refractivity (Wildman–Crippen MR) is 74.8 cm³/mol. The van der Waals surface area contributed by atoms with Gasteiger partial charge in [0, 0.05) is 31.8 Å². The van der Waals surface area contributed by atoms with Crippen LogP contribution < -0.4 is 11.1 Å². The molecule has 2 saturated heterocycles. The van der Waals surface area contributed by atoms with Crippen LogP contribution in [0.4, 0.5) is 0 Å². The zero-order chi connectivity index (χ0) is 13.8. The lowest BCUT2D eigenvalue weighted by Gasteiger charge is -2.47. The number of hydrogen-bond donors (Lipinski definition) is 2. The average molecular weight is 269 g/mol. The van der Waals surface area contributed by atoms with E-state index in [4.69, 9.17) is 10.5 Å². The average Bonchev–Trinajstić information content (AvgIpc) is 2.37. The first-order valence-corrected chi connectivity index (χ1v) is 7.38. The van der Waals surface area contributed by atoms with Gasteiger partial charge in [-0.25, -0.2) is 0 Å². The van der Waals surface area contributed by atoms with Crippen molar-refractivity contribution in [2.24, 2.45) is 5.73 Å². The van der Waals surface area contributed by atoms with Crippen LogP contribution in [0.5, 0.6) is 0 Å². The van der Waals surface area contributed by atoms with Crippen LogP contribution in [-0.4, -0.2) is 55.7 Å². The maximum atomic E-state index is 12.0. The first-order chi connectivity index (χ1) is 9.13. The SMILES string of the molecule is COC(CN)CC(=O)NC1CC2CCCC(C1)N2C. The van der Waals surface area contributed by atoms with E-state index in [0.29, 0.717) is 31.1 Å². The molecule has 0 aliphatic carbocycles. The topological polar surface area (TPSA) is 67.6 Å². The molecule has 0 aromatic carbocycles. The van der Waals surface area contributed by atoms with Crippen LogP contribution in [0.1, 0.15) is 38.5 Å². The molecule has 1 amide bonds. The fourth-order valence-electron chi connectivity index (χ4n) is 3.49. The number of carbonyl (C=O) groups excluding carboxylic acids is 1. The molecule has 0 spiro atoms. The van der Waals surface area contributed by atoms with Crippen LogP contribution in [0.2, 0.25) is 0 Å². The summed E-state index contributed by atoms with van der Waals surface area (Å²) >= 11 is 0. The molecule has 0 saturated carbocycles. The maximum absolute atomic E-state index is 12.0. The molecule has 5 nitrogen and oxygen atoms in total. The summed E-state index contributed by atoms with van der Waals surface area (Å²) in [5, 5.41) is 3.17. The molecule has 0 radical (unpaired) electrons. The molecular formula is C14H27N3O2. The molecule has 2 fully saturated rings. The Labute approximate surface area is 115 Å². The van der Waals surface area contributed by atoms with E-state index >= 15 is 0 Å². The van der Waals surface area contributed by atoms with Gasteiger partial charge in [0.25, 0.3) is 0 Å². The van der Waals surface area contributed by atoms with Crippen LogP contribution in [-0.2, 0) is 9.53 Å². The second kappa shape index (κ2) is 6.68. The molecule has 0 aromatic heterocycles. The van der Waals surface area contributed by atoms with Crippen molar-refractivity contribution in [3.63, 3.8) is 0 Å². The summed E-state index contributed by atoms with van der Waals surface area (Å²) in [4.78, 5) is 14.5. The summed E-state index contributed by atoms with van der Waals surface area (Å²) in [6, 6.07) is 1.62. The van der Waals surface area contributed by atoms with Crippen molar-refractivity contribution in [2.45, 2.75) is 62.8 Å². The third kappa shape index (κ3) is 3.68. The second-order valence-electron chi connectivity index (χ2n) is 5.94. The largest absolute Gasteiger partial charge is 0.380 e. The van der Waals surface area contributed by atoms with Gasteiger partial charge in [0.05, 0.1) is 12.5 Å². The monoisotopic (exact) mass is 269 g/mol.